The molecule has 90 valence electrons. The Bertz CT molecular complexity index is 153. The summed E-state index contributed by atoms with van der Waals surface area (Å²) in [7, 11) is 0. The van der Waals surface area contributed by atoms with E-state index >= 15 is 0 Å². The fourth-order valence-electron chi connectivity index (χ4n) is 2.63. The van der Waals surface area contributed by atoms with E-state index in [4.69, 9.17) is 4.74 Å². The summed E-state index contributed by atoms with van der Waals surface area (Å²) < 4.78 is 5.54. The lowest BCUT2D eigenvalue weighted by Gasteiger charge is -2.28. The van der Waals surface area contributed by atoms with Crippen molar-refractivity contribution >= 4 is 0 Å². The highest BCUT2D eigenvalue weighted by atomic mass is 16.5. The van der Waals surface area contributed by atoms with Gasteiger partial charge in [-0.2, -0.15) is 0 Å². The molecule has 2 heteroatoms. The molecule has 0 saturated heterocycles. The number of ether oxygens (including phenoxy) is 1. The van der Waals surface area contributed by atoms with Gasteiger partial charge in [0.25, 0.3) is 0 Å². The van der Waals surface area contributed by atoms with Gasteiger partial charge >= 0.3 is 0 Å². The van der Waals surface area contributed by atoms with Gasteiger partial charge in [0, 0.05) is 6.61 Å². The molecular formula is C13H26O2. The van der Waals surface area contributed by atoms with Gasteiger partial charge in [-0.25, -0.2) is 0 Å². The van der Waals surface area contributed by atoms with Gasteiger partial charge in [-0.05, 0) is 25.7 Å². The lowest BCUT2D eigenvalue weighted by atomic mass is 9.84. The van der Waals surface area contributed by atoms with Crippen LogP contribution in [0, 0.1) is 5.92 Å². The second-order valence-electron chi connectivity index (χ2n) is 4.71. The molecule has 1 aliphatic carbocycles. The number of hydrogen-bond acceptors (Lipinski definition) is 2. The van der Waals surface area contributed by atoms with Crippen molar-refractivity contribution in [3.8, 4) is 0 Å². The van der Waals surface area contributed by atoms with Crippen LogP contribution in [0.4, 0.5) is 0 Å². The maximum absolute atomic E-state index is 10.1. The molecule has 1 N–H and O–H groups in total. The summed E-state index contributed by atoms with van der Waals surface area (Å²) in [6, 6.07) is 0. The smallest absolute Gasteiger partial charge is 0.0831 e. The van der Waals surface area contributed by atoms with E-state index in [1.165, 1.54) is 32.1 Å². The third-order valence-corrected chi connectivity index (χ3v) is 3.51. The van der Waals surface area contributed by atoms with Gasteiger partial charge in [-0.3, -0.25) is 0 Å². The van der Waals surface area contributed by atoms with Crippen LogP contribution in [0.15, 0.2) is 0 Å². The van der Waals surface area contributed by atoms with Crippen LogP contribution in [-0.4, -0.2) is 23.9 Å². The molecule has 2 atom stereocenters. The normalized spacial score (nSPS) is 22.6. The number of rotatable bonds is 6. The SMILES string of the molecule is CCOC(CC)C(O)CC1CCCCC1. The van der Waals surface area contributed by atoms with E-state index in [-0.39, 0.29) is 12.2 Å². The fraction of sp³-hybridized carbons (Fsp3) is 1.00. The van der Waals surface area contributed by atoms with Gasteiger partial charge in [0.05, 0.1) is 12.2 Å². The zero-order valence-electron chi connectivity index (χ0n) is 10.2. The molecule has 0 aromatic rings. The summed E-state index contributed by atoms with van der Waals surface area (Å²) in [6.45, 7) is 4.79. The van der Waals surface area contributed by atoms with Gasteiger partial charge in [-0.1, -0.05) is 39.0 Å². The van der Waals surface area contributed by atoms with Crippen LogP contribution in [0.1, 0.15) is 58.8 Å². The Hall–Kier alpha value is -0.0800. The molecule has 0 aliphatic heterocycles. The van der Waals surface area contributed by atoms with E-state index in [1.807, 2.05) is 6.92 Å². The first kappa shape index (κ1) is 13.0. The topological polar surface area (TPSA) is 29.5 Å². The van der Waals surface area contributed by atoms with Gasteiger partial charge in [0.2, 0.25) is 0 Å². The minimum Gasteiger partial charge on any atom is -0.390 e. The van der Waals surface area contributed by atoms with Crippen molar-refractivity contribution < 1.29 is 9.84 Å². The van der Waals surface area contributed by atoms with E-state index < -0.39 is 0 Å². The molecule has 0 radical (unpaired) electrons. The number of aliphatic hydroxyl groups is 1. The van der Waals surface area contributed by atoms with Gasteiger partial charge < -0.3 is 9.84 Å². The minimum absolute atomic E-state index is 0.0527. The molecule has 1 aliphatic rings. The highest BCUT2D eigenvalue weighted by Crippen LogP contribution is 2.28. The second-order valence-corrected chi connectivity index (χ2v) is 4.71. The van der Waals surface area contributed by atoms with Crippen molar-refractivity contribution in [2.24, 2.45) is 5.92 Å². The predicted octanol–water partition coefficient (Wildman–Crippen LogP) is 3.13. The predicted molar refractivity (Wildman–Crippen MR) is 62.9 cm³/mol. The summed E-state index contributed by atoms with van der Waals surface area (Å²) in [4.78, 5) is 0. The van der Waals surface area contributed by atoms with Crippen molar-refractivity contribution in [2.75, 3.05) is 6.61 Å². The molecule has 0 spiro atoms. The molecule has 1 fully saturated rings. The zero-order chi connectivity index (χ0) is 11.1. The lowest BCUT2D eigenvalue weighted by Crippen LogP contribution is -2.31. The molecule has 1 saturated carbocycles. The number of aliphatic hydroxyl groups excluding tert-OH is 1. The summed E-state index contributed by atoms with van der Waals surface area (Å²) in [5.41, 5.74) is 0. The van der Waals surface area contributed by atoms with Crippen molar-refractivity contribution in [1.29, 1.82) is 0 Å². The van der Waals surface area contributed by atoms with Crippen molar-refractivity contribution in [1.82, 2.24) is 0 Å². The van der Waals surface area contributed by atoms with Crippen LogP contribution >= 0.6 is 0 Å². The summed E-state index contributed by atoms with van der Waals surface area (Å²) in [5, 5.41) is 10.1. The van der Waals surface area contributed by atoms with Crippen molar-refractivity contribution in [3.63, 3.8) is 0 Å². The third-order valence-electron chi connectivity index (χ3n) is 3.51. The van der Waals surface area contributed by atoms with Crippen LogP contribution in [0.2, 0.25) is 0 Å². The summed E-state index contributed by atoms with van der Waals surface area (Å²) >= 11 is 0. The first-order chi connectivity index (χ1) is 7.27. The van der Waals surface area contributed by atoms with Crippen molar-refractivity contribution in [2.45, 2.75) is 71.0 Å². The third kappa shape index (κ3) is 4.52. The molecule has 2 unspecified atom stereocenters. The van der Waals surface area contributed by atoms with Crippen molar-refractivity contribution in [3.05, 3.63) is 0 Å². The minimum atomic E-state index is -0.252. The zero-order valence-corrected chi connectivity index (χ0v) is 10.2. The summed E-state index contributed by atoms with van der Waals surface area (Å²) in [5.74, 6) is 0.739. The molecule has 15 heavy (non-hydrogen) atoms. The molecule has 0 aromatic heterocycles. The highest BCUT2D eigenvalue weighted by Gasteiger charge is 2.23. The van der Waals surface area contributed by atoms with Gasteiger partial charge in [-0.15, -0.1) is 0 Å². The molecule has 2 nitrogen and oxygen atoms in total. The van der Waals surface area contributed by atoms with Crippen LogP contribution in [0.25, 0.3) is 0 Å². The Morgan fingerprint density at radius 1 is 1.20 bits per heavy atom. The second kappa shape index (κ2) is 7.24. The standard InChI is InChI=1S/C13H26O2/c1-3-13(15-4-2)12(14)10-11-8-6-5-7-9-11/h11-14H,3-10H2,1-2H3. The van der Waals surface area contributed by atoms with E-state index in [1.54, 1.807) is 0 Å². The first-order valence-electron chi connectivity index (χ1n) is 6.57. The molecular weight excluding hydrogens is 188 g/mol. The van der Waals surface area contributed by atoms with Crippen LogP contribution in [0.3, 0.4) is 0 Å². The highest BCUT2D eigenvalue weighted by molar-refractivity contribution is 4.74. The molecule has 0 bridgehead atoms. The Morgan fingerprint density at radius 2 is 1.87 bits per heavy atom. The van der Waals surface area contributed by atoms with Crippen LogP contribution in [-0.2, 0) is 4.74 Å². The van der Waals surface area contributed by atoms with E-state index in [0.29, 0.717) is 6.61 Å². The first-order valence-corrected chi connectivity index (χ1v) is 6.57. The monoisotopic (exact) mass is 214 g/mol. The van der Waals surface area contributed by atoms with Gasteiger partial charge in [0.15, 0.2) is 0 Å². The Balaban J connectivity index is 2.27. The average Bonchev–Trinajstić information content (AvgIpc) is 2.27. The summed E-state index contributed by atoms with van der Waals surface area (Å²) in [6.07, 6.45) is 8.36. The molecule has 0 aromatic carbocycles. The Labute approximate surface area is 94.0 Å². The Morgan fingerprint density at radius 3 is 2.40 bits per heavy atom. The van der Waals surface area contributed by atoms with Crippen LogP contribution < -0.4 is 0 Å². The van der Waals surface area contributed by atoms with Gasteiger partial charge in [0.1, 0.15) is 0 Å². The van der Waals surface area contributed by atoms with E-state index in [2.05, 4.69) is 6.92 Å². The van der Waals surface area contributed by atoms with Crippen LogP contribution in [0.5, 0.6) is 0 Å². The maximum Gasteiger partial charge on any atom is 0.0831 e. The molecule has 0 amide bonds. The molecule has 0 heterocycles. The fourth-order valence-corrected chi connectivity index (χ4v) is 2.63. The average molecular weight is 214 g/mol. The quantitative estimate of drug-likeness (QED) is 0.736. The maximum atomic E-state index is 10.1. The largest absolute Gasteiger partial charge is 0.390 e. The molecule has 1 rings (SSSR count). The van der Waals surface area contributed by atoms with E-state index in [0.717, 1.165) is 18.8 Å². The van der Waals surface area contributed by atoms with E-state index in [9.17, 15) is 5.11 Å². The number of hydrogen-bond donors (Lipinski definition) is 1. The Kier molecular flexibility index (Phi) is 6.26. The lowest BCUT2D eigenvalue weighted by molar-refractivity contribution is -0.0451.